The van der Waals surface area contributed by atoms with Gasteiger partial charge in [-0.25, -0.2) is 4.98 Å². The molecule has 0 radical (unpaired) electrons. The SMILES string of the molecule is CCOc1ccc(NC(=O)c2cc(-c3ccc(Cl)cc3)nc3ccccc23)c([N+](=O)[O-])c1. The number of halogens is 1. The lowest BCUT2D eigenvalue weighted by Gasteiger charge is -2.12. The summed E-state index contributed by atoms with van der Waals surface area (Å²) in [6.45, 7) is 2.16. The number of pyridine rings is 1. The lowest BCUT2D eigenvalue weighted by molar-refractivity contribution is -0.384. The number of carbonyl (C=O) groups is 1. The average molecular weight is 448 g/mol. The van der Waals surface area contributed by atoms with E-state index in [1.54, 1.807) is 37.3 Å². The van der Waals surface area contributed by atoms with Crippen molar-refractivity contribution in [2.45, 2.75) is 6.92 Å². The molecule has 3 aromatic carbocycles. The van der Waals surface area contributed by atoms with E-state index in [1.165, 1.54) is 12.1 Å². The van der Waals surface area contributed by atoms with Gasteiger partial charge in [0.05, 0.1) is 34.4 Å². The molecule has 0 fully saturated rings. The zero-order valence-corrected chi connectivity index (χ0v) is 17.8. The predicted octanol–water partition coefficient (Wildman–Crippen LogP) is 6.11. The monoisotopic (exact) mass is 447 g/mol. The minimum Gasteiger partial charge on any atom is -0.494 e. The Morgan fingerprint density at radius 1 is 1.09 bits per heavy atom. The molecular formula is C24H18ClN3O4. The summed E-state index contributed by atoms with van der Waals surface area (Å²) in [5.74, 6) is -0.123. The van der Waals surface area contributed by atoms with Gasteiger partial charge in [-0.3, -0.25) is 14.9 Å². The van der Waals surface area contributed by atoms with Crippen LogP contribution in [0.1, 0.15) is 17.3 Å². The molecule has 0 aliphatic rings. The molecular weight excluding hydrogens is 430 g/mol. The van der Waals surface area contributed by atoms with Crippen LogP contribution >= 0.6 is 11.6 Å². The molecule has 0 saturated heterocycles. The molecule has 1 N–H and O–H groups in total. The van der Waals surface area contributed by atoms with E-state index >= 15 is 0 Å². The van der Waals surface area contributed by atoms with Gasteiger partial charge in [0.25, 0.3) is 11.6 Å². The normalized spacial score (nSPS) is 10.7. The quantitative estimate of drug-likeness (QED) is 0.284. The number of aromatic nitrogens is 1. The van der Waals surface area contributed by atoms with E-state index in [9.17, 15) is 14.9 Å². The van der Waals surface area contributed by atoms with Gasteiger partial charge in [-0.1, -0.05) is 41.9 Å². The molecule has 0 spiro atoms. The first-order valence-electron chi connectivity index (χ1n) is 9.84. The van der Waals surface area contributed by atoms with Crippen molar-refractivity contribution < 1.29 is 14.5 Å². The standard InChI is InChI=1S/C24H18ClN3O4/c1-2-32-17-11-12-21(23(13-17)28(30)31)27-24(29)19-14-22(15-7-9-16(25)10-8-15)26-20-6-4-3-5-18(19)20/h3-14H,2H2,1H3,(H,27,29). The van der Waals surface area contributed by atoms with Crippen LogP contribution in [-0.2, 0) is 0 Å². The van der Waals surface area contributed by atoms with Crippen LogP contribution in [0.5, 0.6) is 5.75 Å². The number of carbonyl (C=O) groups excluding carboxylic acids is 1. The van der Waals surface area contributed by atoms with Crippen LogP contribution in [-0.4, -0.2) is 22.4 Å². The Labute approximate surface area is 188 Å². The average Bonchev–Trinajstić information content (AvgIpc) is 2.79. The molecule has 0 unspecified atom stereocenters. The van der Waals surface area contributed by atoms with E-state index in [0.29, 0.717) is 39.5 Å². The third-order valence-corrected chi connectivity index (χ3v) is 5.08. The van der Waals surface area contributed by atoms with E-state index in [1.807, 2.05) is 30.3 Å². The van der Waals surface area contributed by atoms with Crippen molar-refractivity contribution in [1.29, 1.82) is 0 Å². The summed E-state index contributed by atoms with van der Waals surface area (Å²) in [5.41, 5.74) is 2.20. The number of rotatable bonds is 6. The van der Waals surface area contributed by atoms with E-state index in [-0.39, 0.29) is 11.4 Å². The van der Waals surface area contributed by atoms with Gasteiger partial charge in [-0.15, -0.1) is 0 Å². The van der Waals surface area contributed by atoms with Gasteiger partial charge < -0.3 is 10.1 Å². The number of nitrogens with one attached hydrogen (secondary N) is 1. The number of amides is 1. The highest BCUT2D eigenvalue weighted by Gasteiger charge is 2.20. The fourth-order valence-corrected chi connectivity index (χ4v) is 3.47. The number of benzene rings is 3. The number of nitro groups is 1. The fourth-order valence-electron chi connectivity index (χ4n) is 3.35. The highest BCUT2D eigenvalue weighted by atomic mass is 35.5. The van der Waals surface area contributed by atoms with Gasteiger partial charge in [0.1, 0.15) is 11.4 Å². The number of ether oxygens (including phenoxy) is 1. The molecule has 1 aromatic heterocycles. The highest BCUT2D eigenvalue weighted by molar-refractivity contribution is 6.30. The minimum atomic E-state index is -0.554. The number of nitrogens with zero attached hydrogens (tertiary/aromatic N) is 2. The van der Waals surface area contributed by atoms with Gasteiger partial charge in [0.2, 0.25) is 0 Å². The minimum absolute atomic E-state index is 0.0809. The lowest BCUT2D eigenvalue weighted by atomic mass is 10.0. The van der Waals surface area contributed by atoms with E-state index < -0.39 is 10.8 Å². The summed E-state index contributed by atoms with van der Waals surface area (Å²) >= 11 is 5.99. The summed E-state index contributed by atoms with van der Waals surface area (Å²) in [4.78, 5) is 28.9. The van der Waals surface area contributed by atoms with E-state index in [4.69, 9.17) is 16.3 Å². The van der Waals surface area contributed by atoms with Crippen LogP contribution in [0.4, 0.5) is 11.4 Å². The number of hydrogen-bond donors (Lipinski definition) is 1. The second-order valence-electron chi connectivity index (χ2n) is 6.90. The first-order valence-corrected chi connectivity index (χ1v) is 10.2. The maximum Gasteiger partial charge on any atom is 0.296 e. The van der Waals surface area contributed by atoms with Crippen LogP contribution in [0.2, 0.25) is 5.02 Å². The summed E-state index contributed by atoms with van der Waals surface area (Å²) in [5, 5.41) is 15.5. The van der Waals surface area contributed by atoms with E-state index in [2.05, 4.69) is 10.3 Å². The van der Waals surface area contributed by atoms with Crippen LogP contribution < -0.4 is 10.1 Å². The van der Waals surface area contributed by atoms with Gasteiger partial charge in [0.15, 0.2) is 0 Å². The number of para-hydroxylation sites is 1. The number of anilines is 1. The van der Waals surface area contributed by atoms with Crippen LogP contribution in [0, 0.1) is 10.1 Å². The molecule has 0 saturated carbocycles. The number of fused-ring (bicyclic) bond motifs is 1. The summed E-state index contributed by atoms with van der Waals surface area (Å²) in [6.07, 6.45) is 0. The molecule has 0 atom stereocenters. The Kier molecular flexibility index (Phi) is 6.00. The maximum atomic E-state index is 13.2. The zero-order chi connectivity index (χ0) is 22.7. The van der Waals surface area contributed by atoms with Crippen molar-refractivity contribution in [2.24, 2.45) is 0 Å². The van der Waals surface area contributed by atoms with Crippen LogP contribution in [0.15, 0.2) is 72.8 Å². The second-order valence-corrected chi connectivity index (χ2v) is 7.34. The number of hydrogen-bond acceptors (Lipinski definition) is 5. The molecule has 8 heteroatoms. The Hall–Kier alpha value is -3.97. The smallest absolute Gasteiger partial charge is 0.296 e. The zero-order valence-electron chi connectivity index (χ0n) is 17.0. The Bertz CT molecular complexity index is 1320. The second kappa shape index (κ2) is 9.03. The maximum absolute atomic E-state index is 13.2. The van der Waals surface area contributed by atoms with Crippen molar-refractivity contribution >= 4 is 39.8 Å². The molecule has 4 aromatic rings. The first-order chi connectivity index (χ1) is 15.5. The molecule has 1 heterocycles. The van der Waals surface area contributed by atoms with Crippen LogP contribution in [0.25, 0.3) is 22.2 Å². The molecule has 1 amide bonds. The molecule has 4 rings (SSSR count). The molecule has 32 heavy (non-hydrogen) atoms. The van der Waals surface area contributed by atoms with Crippen molar-refractivity contribution in [3.8, 4) is 17.0 Å². The molecule has 7 nitrogen and oxygen atoms in total. The summed E-state index contributed by atoms with van der Waals surface area (Å²) in [6, 6.07) is 20.4. The summed E-state index contributed by atoms with van der Waals surface area (Å²) in [7, 11) is 0. The Morgan fingerprint density at radius 2 is 1.84 bits per heavy atom. The molecule has 0 bridgehead atoms. The molecule has 0 aliphatic heterocycles. The van der Waals surface area contributed by atoms with Gasteiger partial charge in [-0.05, 0) is 43.3 Å². The molecule has 0 aliphatic carbocycles. The van der Waals surface area contributed by atoms with Crippen molar-refractivity contribution in [1.82, 2.24) is 4.98 Å². The van der Waals surface area contributed by atoms with Crippen LogP contribution in [0.3, 0.4) is 0 Å². The van der Waals surface area contributed by atoms with Gasteiger partial charge in [0, 0.05) is 16.0 Å². The highest BCUT2D eigenvalue weighted by Crippen LogP contribution is 2.31. The number of nitro benzene ring substituents is 1. The van der Waals surface area contributed by atoms with E-state index in [0.717, 1.165) is 5.56 Å². The van der Waals surface area contributed by atoms with Crippen molar-refractivity contribution in [2.75, 3.05) is 11.9 Å². The fraction of sp³-hybridized carbons (Fsp3) is 0.0833. The Balaban J connectivity index is 1.77. The first kappa shape index (κ1) is 21.3. The largest absolute Gasteiger partial charge is 0.494 e. The van der Waals surface area contributed by atoms with Crippen molar-refractivity contribution in [3.05, 3.63) is 93.5 Å². The van der Waals surface area contributed by atoms with Crippen molar-refractivity contribution in [3.63, 3.8) is 0 Å². The lowest BCUT2D eigenvalue weighted by Crippen LogP contribution is -2.14. The Morgan fingerprint density at radius 3 is 2.56 bits per heavy atom. The topological polar surface area (TPSA) is 94.4 Å². The van der Waals surface area contributed by atoms with Gasteiger partial charge in [-0.2, -0.15) is 0 Å². The molecule has 160 valence electrons. The predicted molar refractivity (Wildman–Crippen MR) is 124 cm³/mol. The third-order valence-electron chi connectivity index (χ3n) is 4.83. The summed E-state index contributed by atoms with van der Waals surface area (Å²) < 4.78 is 5.34. The third kappa shape index (κ3) is 4.38. The van der Waals surface area contributed by atoms with Gasteiger partial charge >= 0.3 is 0 Å².